The zero-order valence-electron chi connectivity index (χ0n) is 27.9. The van der Waals surface area contributed by atoms with Crippen LogP contribution in [-0.4, -0.2) is 28.2 Å². The first-order valence-corrected chi connectivity index (χ1v) is 17.9. The van der Waals surface area contributed by atoms with E-state index in [0.29, 0.717) is 42.2 Å². The fourth-order valence-corrected chi connectivity index (χ4v) is 8.96. The number of aliphatic carboxylic acids is 1. The van der Waals surface area contributed by atoms with Crippen molar-refractivity contribution in [2.24, 2.45) is 11.8 Å². The number of hydrogen-bond acceptors (Lipinski definition) is 5. The van der Waals surface area contributed by atoms with E-state index < -0.39 is 11.5 Å². The summed E-state index contributed by atoms with van der Waals surface area (Å²) in [4.78, 5) is 17.6. The maximum absolute atomic E-state index is 12.9. The molecule has 3 aromatic carbocycles. The number of fused-ring (bicyclic) bond motifs is 3. The highest BCUT2D eigenvalue weighted by Crippen LogP contribution is 2.57. The predicted octanol–water partition coefficient (Wildman–Crippen LogP) is 9.99. The molecule has 0 bridgehead atoms. The number of hydrogen-bond donors (Lipinski definition) is 2. The number of carbonyl (C=O) groups is 1. The first-order valence-electron chi connectivity index (χ1n) is 17.5. The zero-order valence-corrected chi connectivity index (χ0v) is 28.6. The van der Waals surface area contributed by atoms with Crippen LogP contribution in [0.2, 0.25) is 5.02 Å². The quantitative estimate of drug-likeness (QED) is 0.176. The number of carboxylic acid groups (broad SMARTS) is 1. The number of para-hydroxylation sites is 1. The molecule has 0 unspecified atom stereocenters. The highest BCUT2D eigenvalue weighted by molar-refractivity contribution is 6.30. The molecule has 3 aliphatic rings. The molecular weight excluding hydrogens is 620 g/mol. The van der Waals surface area contributed by atoms with Gasteiger partial charge >= 0.3 is 5.97 Å². The first-order chi connectivity index (χ1) is 23.2. The summed E-state index contributed by atoms with van der Waals surface area (Å²) < 4.78 is 12.9. The van der Waals surface area contributed by atoms with Crippen LogP contribution in [-0.2, 0) is 23.1 Å². The Morgan fingerprint density at radius 1 is 1.02 bits per heavy atom. The third-order valence-electron chi connectivity index (χ3n) is 11.2. The number of carboxylic acids is 1. The van der Waals surface area contributed by atoms with Crippen molar-refractivity contribution in [1.29, 1.82) is 0 Å². The highest BCUT2D eigenvalue weighted by atomic mass is 35.5. The van der Waals surface area contributed by atoms with Crippen molar-refractivity contribution in [2.45, 2.75) is 88.5 Å². The molecule has 4 aromatic rings. The molecule has 1 fully saturated rings. The number of pyridine rings is 1. The van der Waals surface area contributed by atoms with Crippen LogP contribution in [0.4, 0.5) is 5.69 Å². The maximum atomic E-state index is 12.9. The molecule has 0 saturated heterocycles. The van der Waals surface area contributed by atoms with E-state index in [1.54, 1.807) is 12.1 Å². The maximum Gasteiger partial charge on any atom is 0.329 e. The van der Waals surface area contributed by atoms with Crippen molar-refractivity contribution in [3.05, 3.63) is 112 Å². The third kappa shape index (κ3) is 6.39. The van der Waals surface area contributed by atoms with Gasteiger partial charge in [-0.3, -0.25) is 4.98 Å². The normalized spacial score (nSPS) is 25.1. The highest BCUT2D eigenvalue weighted by Gasteiger charge is 2.54. The molecule has 3 aliphatic carbocycles. The second-order valence-corrected chi connectivity index (χ2v) is 14.9. The molecule has 48 heavy (non-hydrogen) atoms. The molecule has 2 N–H and O–H groups in total. The minimum Gasteiger partial charge on any atom is -0.493 e. The topological polar surface area (TPSA) is 80.7 Å². The number of ether oxygens (including phenoxy) is 2. The van der Waals surface area contributed by atoms with Gasteiger partial charge in [0.05, 0.1) is 6.61 Å². The van der Waals surface area contributed by atoms with Crippen LogP contribution < -0.4 is 14.8 Å². The van der Waals surface area contributed by atoms with Crippen molar-refractivity contribution >= 4 is 23.3 Å². The number of nitrogens with one attached hydrogen (secondary N) is 1. The molecule has 3 atom stereocenters. The molecule has 0 radical (unpaired) electrons. The van der Waals surface area contributed by atoms with Crippen LogP contribution in [0.5, 0.6) is 17.2 Å². The van der Waals surface area contributed by atoms with Gasteiger partial charge in [0, 0.05) is 28.2 Å². The Morgan fingerprint density at radius 3 is 2.60 bits per heavy atom. The summed E-state index contributed by atoms with van der Waals surface area (Å²) in [6.45, 7) is 5.22. The molecule has 7 heteroatoms. The molecule has 250 valence electrons. The Labute approximate surface area is 288 Å². The van der Waals surface area contributed by atoms with Crippen molar-refractivity contribution in [2.75, 3.05) is 11.9 Å². The van der Waals surface area contributed by atoms with Gasteiger partial charge in [-0.15, -0.1) is 0 Å². The fourth-order valence-electron chi connectivity index (χ4n) is 8.76. The summed E-state index contributed by atoms with van der Waals surface area (Å²) in [6.07, 6.45) is 9.79. The van der Waals surface area contributed by atoms with Crippen LogP contribution in [0.15, 0.2) is 85.1 Å². The average Bonchev–Trinajstić information content (AvgIpc) is 3.36. The molecule has 1 aromatic heterocycles. The summed E-state index contributed by atoms with van der Waals surface area (Å²) >= 11 is 6.28. The zero-order chi connectivity index (χ0) is 33.3. The van der Waals surface area contributed by atoms with E-state index >= 15 is 0 Å². The van der Waals surface area contributed by atoms with Crippen LogP contribution in [0.3, 0.4) is 0 Å². The Kier molecular flexibility index (Phi) is 9.12. The van der Waals surface area contributed by atoms with Gasteiger partial charge in [0.25, 0.3) is 0 Å². The lowest BCUT2D eigenvalue weighted by atomic mass is 9.59. The largest absolute Gasteiger partial charge is 0.493 e. The molecular formula is C41H45ClN2O4. The minimum atomic E-state index is -1.06. The van der Waals surface area contributed by atoms with E-state index in [0.717, 1.165) is 55.0 Å². The molecule has 1 saturated carbocycles. The molecule has 7 rings (SSSR count). The number of aryl methyl sites for hydroxylation is 1. The van der Waals surface area contributed by atoms with Gasteiger partial charge in [0.1, 0.15) is 22.8 Å². The lowest BCUT2D eigenvalue weighted by Gasteiger charge is -2.47. The van der Waals surface area contributed by atoms with Crippen molar-refractivity contribution in [1.82, 2.24) is 4.98 Å². The van der Waals surface area contributed by atoms with Gasteiger partial charge in [-0.2, -0.15) is 0 Å². The van der Waals surface area contributed by atoms with E-state index in [1.807, 2.05) is 54.7 Å². The molecule has 1 spiro atoms. The Balaban J connectivity index is 1.14. The van der Waals surface area contributed by atoms with E-state index in [9.17, 15) is 9.90 Å². The number of rotatable bonds is 10. The molecule has 0 aliphatic heterocycles. The summed E-state index contributed by atoms with van der Waals surface area (Å²) in [7, 11) is 0. The van der Waals surface area contributed by atoms with Gasteiger partial charge in [-0.1, -0.05) is 55.8 Å². The van der Waals surface area contributed by atoms with Crippen LogP contribution in [0.25, 0.3) is 0 Å². The van der Waals surface area contributed by atoms with Crippen LogP contribution >= 0.6 is 11.6 Å². The van der Waals surface area contributed by atoms with E-state index in [2.05, 4.69) is 42.3 Å². The monoisotopic (exact) mass is 664 g/mol. The summed E-state index contributed by atoms with van der Waals surface area (Å²) in [5.74, 6) is 2.94. The summed E-state index contributed by atoms with van der Waals surface area (Å²) in [6, 6.07) is 25.8. The summed E-state index contributed by atoms with van der Waals surface area (Å²) in [5, 5.41) is 14.6. The van der Waals surface area contributed by atoms with Crippen molar-refractivity contribution < 1.29 is 19.4 Å². The second-order valence-electron chi connectivity index (χ2n) is 14.4. The number of halogens is 1. The van der Waals surface area contributed by atoms with Crippen molar-refractivity contribution in [3.8, 4) is 17.2 Å². The van der Waals surface area contributed by atoms with E-state index in [4.69, 9.17) is 21.1 Å². The van der Waals surface area contributed by atoms with Gasteiger partial charge in [0.15, 0.2) is 0 Å². The molecule has 1 heterocycles. The van der Waals surface area contributed by atoms with E-state index in [1.165, 1.54) is 35.2 Å². The fraction of sp³-hybridized carbons (Fsp3) is 0.415. The number of aromatic nitrogens is 1. The SMILES string of the molecule is C[C@@H](COc1ccnc2c1[C@@H](C)CCC2)C[C@H]1Cc2ccc(Oc3ccccc3)cc2C12CCC(Nc1cccc(Cl)c1)(C(=O)O)CC2. The third-order valence-corrected chi connectivity index (χ3v) is 11.5. The predicted molar refractivity (Wildman–Crippen MR) is 191 cm³/mol. The lowest BCUT2D eigenvalue weighted by molar-refractivity contribution is -0.144. The smallest absolute Gasteiger partial charge is 0.329 e. The Bertz CT molecular complexity index is 1770. The van der Waals surface area contributed by atoms with Gasteiger partial charge < -0.3 is 19.9 Å². The van der Waals surface area contributed by atoms with Crippen LogP contribution in [0, 0.1) is 11.8 Å². The minimum absolute atomic E-state index is 0.154. The first kappa shape index (κ1) is 32.5. The second kappa shape index (κ2) is 13.5. The summed E-state index contributed by atoms with van der Waals surface area (Å²) in [5.41, 5.74) is 4.65. The lowest BCUT2D eigenvalue weighted by Crippen LogP contribution is -2.53. The standard InChI is InChI=1S/C41H45ClN2O4/c1-27(26-47-37-16-21-43-36-13-6-8-28(2)38(36)37)22-30-23-29-14-15-34(48-33-11-4-3-5-12-33)25-35(29)40(30)17-19-41(20-18-40,39(45)46)44-32-10-7-9-31(42)24-32/h3-5,7,9-12,14-16,21,24-25,27-28,30,44H,6,8,13,17-20,22-23,26H2,1-2H3,(H,45,46)/t27-,28+,30+,40?,41?/m1/s1. The average molecular weight is 665 g/mol. The number of anilines is 1. The van der Waals surface area contributed by atoms with E-state index in [-0.39, 0.29) is 5.41 Å². The van der Waals surface area contributed by atoms with Gasteiger partial charge in [0.2, 0.25) is 0 Å². The Hall–Kier alpha value is -4.03. The molecule has 0 amide bonds. The Morgan fingerprint density at radius 2 is 1.83 bits per heavy atom. The molecule has 6 nitrogen and oxygen atoms in total. The number of benzene rings is 3. The number of nitrogens with zero attached hydrogens (tertiary/aromatic N) is 1. The van der Waals surface area contributed by atoms with Crippen LogP contribution in [0.1, 0.15) is 87.1 Å². The van der Waals surface area contributed by atoms with Gasteiger partial charge in [-0.25, -0.2) is 4.79 Å². The van der Waals surface area contributed by atoms with Crippen molar-refractivity contribution in [3.63, 3.8) is 0 Å². The van der Waals surface area contributed by atoms with Gasteiger partial charge in [-0.05, 0) is 141 Å².